The fourth-order valence-electron chi connectivity index (χ4n) is 0.975. The SMILES string of the molecule is Cc1ccc(N=c2ncs[nH]2)cc1. The number of aromatic nitrogens is 2. The molecule has 0 atom stereocenters. The van der Waals surface area contributed by atoms with E-state index in [0.29, 0.717) is 5.62 Å². The highest BCUT2D eigenvalue weighted by Gasteiger charge is 1.88. The van der Waals surface area contributed by atoms with Crippen molar-refractivity contribution in [2.75, 3.05) is 0 Å². The molecule has 66 valence electrons. The smallest absolute Gasteiger partial charge is 0.237 e. The van der Waals surface area contributed by atoms with E-state index in [4.69, 9.17) is 0 Å². The summed E-state index contributed by atoms with van der Waals surface area (Å²) in [4.78, 5) is 8.32. The first-order chi connectivity index (χ1) is 6.34. The van der Waals surface area contributed by atoms with Crippen molar-refractivity contribution in [1.29, 1.82) is 0 Å². The van der Waals surface area contributed by atoms with Crippen molar-refractivity contribution in [3.63, 3.8) is 0 Å². The van der Waals surface area contributed by atoms with Crippen LogP contribution in [0.2, 0.25) is 0 Å². The van der Waals surface area contributed by atoms with Crippen LogP contribution in [0.25, 0.3) is 0 Å². The fraction of sp³-hybridized carbons (Fsp3) is 0.111. The minimum Gasteiger partial charge on any atom is -0.278 e. The molecule has 0 fully saturated rings. The molecule has 0 unspecified atom stereocenters. The van der Waals surface area contributed by atoms with Crippen LogP contribution < -0.4 is 5.62 Å². The standard InChI is InChI=1S/C9H9N3S/c1-7-2-4-8(5-3-7)11-9-10-6-13-12-9/h2-6H,1H3,(H,11,12). The predicted molar refractivity (Wildman–Crippen MR) is 52.9 cm³/mol. The van der Waals surface area contributed by atoms with Crippen molar-refractivity contribution in [1.82, 2.24) is 9.36 Å². The quantitative estimate of drug-likeness (QED) is 0.736. The van der Waals surface area contributed by atoms with Gasteiger partial charge < -0.3 is 0 Å². The Morgan fingerprint density at radius 3 is 2.69 bits per heavy atom. The van der Waals surface area contributed by atoms with E-state index in [-0.39, 0.29) is 0 Å². The molecule has 2 aromatic rings. The van der Waals surface area contributed by atoms with Gasteiger partial charge in [-0.2, -0.15) is 0 Å². The van der Waals surface area contributed by atoms with E-state index >= 15 is 0 Å². The Labute approximate surface area is 80.0 Å². The van der Waals surface area contributed by atoms with Crippen molar-refractivity contribution < 1.29 is 0 Å². The first kappa shape index (κ1) is 8.19. The summed E-state index contributed by atoms with van der Waals surface area (Å²) in [7, 11) is 0. The number of aromatic amines is 1. The maximum Gasteiger partial charge on any atom is 0.237 e. The van der Waals surface area contributed by atoms with E-state index in [9.17, 15) is 0 Å². The van der Waals surface area contributed by atoms with E-state index in [1.807, 2.05) is 24.3 Å². The molecule has 1 aromatic carbocycles. The molecular weight excluding hydrogens is 182 g/mol. The van der Waals surface area contributed by atoms with Gasteiger partial charge >= 0.3 is 0 Å². The topological polar surface area (TPSA) is 41.0 Å². The predicted octanol–water partition coefficient (Wildman–Crippen LogP) is 2.01. The third-order valence-electron chi connectivity index (χ3n) is 1.65. The van der Waals surface area contributed by atoms with Crippen LogP contribution in [0.1, 0.15) is 5.56 Å². The molecule has 0 amide bonds. The van der Waals surface area contributed by atoms with Crippen molar-refractivity contribution in [2.45, 2.75) is 6.92 Å². The summed E-state index contributed by atoms with van der Waals surface area (Å²) in [6, 6.07) is 8.02. The zero-order valence-electron chi connectivity index (χ0n) is 7.19. The molecule has 0 saturated heterocycles. The summed E-state index contributed by atoms with van der Waals surface area (Å²) in [5, 5.41) is 0. The zero-order valence-corrected chi connectivity index (χ0v) is 8.01. The van der Waals surface area contributed by atoms with Gasteiger partial charge in [0.1, 0.15) is 5.51 Å². The summed E-state index contributed by atoms with van der Waals surface area (Å²) in [6.07, 6.45) is 0. The van der Waals surface area contributed by atoms with Crippen LogP contribution in [0.4, 0.5) is 5.69 Å². The average molecular weight is 191 g/mol. The number of aryl methyl sites for hydroxylation is 1. The molecule has 1 heterocycles. The van der Waals surface area contributed by atoms with E-state index in [1.165, 1.54) is 17.1 Å². The van der Waals surface area contributed by atoms with Crippen molar-refractivity contribution in [2.24, 2.45) is 4.99 Å². The molecule has 3 nitrogen and oxygen atoms in total. The van der Waals surface area contributed by atoms with E-state index in [2.05, 4.69) is 21.3 Å². The Morgan fingerprint density at radius 1 is 1.31 bits per heavy atom. The summed E-state index contributed by atoms with van der Waals surface area (Å²) in [5.74, 6) is 0. The fourth-order valence-corrected chi connectivity index (χ4v) is 1.38. The van der Waals surface area contributed by atoms with E-state index in [0.717, 1.165) is 5.69 Å². The minimum absolute atomic E-state index is 0.661. The number of nitrogens with one attached hydrogen (secondary N) is 1. The maximum atomic E-state index is 4.29. The third-order valence-corrected chi connectivity index (χ3v) is 2.16. The molecule has 1 aromatic heterocycles. The van der Waals surface area contributed by atoms with Gasteiger partial charge in [0.2, 0.25) is 5.62 Å². The average Bonchev–Trinajstić information content (AvgIpc) is 2.62. The third kappa shape index (κ3) is 2.03. The minimum atomic E-state index is 0.661. The van der Waals surface area contributed by atoms with Crippen molar-refractivity contribution in [3.8, 4) is 0 Å². The molecule has 0 saturated carbocycles. The highest BCUT2D eigenvalue weighted by atomic mass is 32.1. The Hall–Kier alpha value is -1.42. The van der Waals surface area contributed by atoms with Gasteiger partial charge in [-0.25, -0.2) is 9.98 Å². The Bertz CT molecular complexity index is 422. The van der Waals surface area contributed by atoms with Crippen molar-refractivity contribution >= 4 is 17.2 Å². The molecule has 0 bridgehead atoms. The van der Waals surface area contributed by atoms with E-state index in [1.54, 1.807) is 5.51 Å². The Kier molecular flexibility index (Phi) is 2.23. The van der Waals surface area contributed by atoms with Crippen LogP contribution in [0.15, 0.2) is 34.8 Å². The van der Waals surface area contributed by atoms with E-state index < -0.39 is 0 Å². The number of hydrogen-bond acceptors (Lipinski definition) is 3. The summed E-state index contributed by atoms with van der Waals surface area (Å²) >= 11 is 1.43. The lowest BCUT2D eigenvalue weighted by Gasteiger charge is -1.91. The van der Waals surface area contributed by atoms with Crippen LogP contribution in [-0.2, 0) is 0 Å². The second-order valence-corrected chi connectivity index (χ2v) is 3.38. The van der Waals surface area contributed by atoms with Gasteiger partial charge in [0, 0.05) is 0 Å². The molecule has 4 heteroatoms. The highest BCUT2D eigenvalue weighted by Crippen LogP contribution is 2.10. The first-order valence-corrected chi connectivity index (χ1v) is 4.82. The number of H-pyrrole nitrogens is 1. The van der Waals surface area contributed by atoms with Crippen LogP contribution in [-0.4, -0.2) is 9.36 Å². The highest BCUT2D eigenvalue weighted by molar-refractivity contribution is 7.03. The molecular formula is C9H9N3S. The number of hydrogen-bond donors (Lipinski definition) is 1. The summed E-state index contributed by atoms with van der Waals surface area (Å²) in [6.45, 7) is 2.05. The number of benzene rings is 1. The van der Waals surface area contributed by atoms with Gasteiger partial charge in [-0.05, 0) is 30.6 Å². The van der Waals surface area contributed by atoms with Crippen LogP contribution in [0.3, 0.4) is 0 Å². The zero-order chi connectivity index (χ0) is 9.10. The second kappa shape index (κ2) is 3.53. The molecule has 13 heavy (non-hydrogen) atoms. The largest absolute Gasteiger partial charge is 0.278 e. The van der Waals surface area contributed by atoms with Crippen LogP contribution >= 0.6 is 11.5 Å². The molecule has 0 aliphatic rings. The maximum absolute atomic E-state index is 4.29. The van der Waals surface area contributed by atoms with Crippen LogP contribution in [0.5, 0.6) is 0 Å². The van der Waals surface area contributed by atoms with Crippen molar-refractivity contribution in [3.05, 3.63) is 41.0 Å². The molecule has 0 aliphatic heterocycles. The van der Waals surface area contributed by atoms with Crippen LogP contribution in [0, 0.1) is 6.92 Å². The lowest BCUT2D eigenvalue weighted by molar-refractivity contribution is 1.10. The summed E-state index contributed by atoms with van der Waals surface area (Å²) < 4.78 is 2.96. The normalized spacial score (nSPS) is 11.9. The van der Waals surface area contributed by atoms with Gasteiger partial charge in [-0.1, -0.05) is 17.7 Å². The summed E-state index contributed by atoms with van der Waals surface area (Å²) in [5.41, 5.74) is 4.55. The molecule has 2 rings (SSSR count). The van der Waals surface area contributed by atoms with Gasteiger partial charge in [-0.3, -0.25) is 4.37 Å². The second-order valence-electron chi connectivity index (χ2n) is 2.73. The lowest BCUT2D eigenvalue weighted by Crippen LogP contribution is -2.02. The van der Waals surface area contributed by atoms with Gasteiger partial charge in [-0.15, -0.1) is 0 Å². The molecule has 0 spiro atoms. The number of rotatable bonds is 1. The molecule has 1 N–H and O–H groups in total. The Morgan fingerprint density at radius 2 is 2.08 bits per heavy atom. The molecule has 0 aliphatic carbocycles. The first-order valence-electron chi connectivity index (χ1n) is 3.94. The molecule has 0 radical (unpaired) electrons. The van der Waals surface area contributed by atoms with Gasteiger partial charge in [0.15, 0.2) is 0 Å². The number of nitrogens with zero attached hydrogens (tertiary/aromatic N) is 2. The van der Waals surface area contributed by atoms with Gasteiger partial charge in [0.05, 0.1) is 5.69 Å². The van der Waals surface area contributed by atoms with Gasteiger partial charge in [0.25, 0.3) is 0 Å². The Balaban J connectivity index is 2.39. The monoisotopic (exact) mass is 191 g/mol. The lowest BCUT2D eigenvalue weighted by atomic mass is 10.2.